The zero-order chi connectivity index (χ0) is 20.9. The Kier molecular flexibility index (Phi) is 7.27. The van der Waals surface area contributed by atoms with Crippen LogP contribution in [-0.2, 0) is 10.0 Å². The number of halogens is 1. The molecule has 5 nitrogen and oxygen atoms in total. The molecule has 29 heavy (non-hydrogen) atoms. The number of aryl methyl sites for hydroxylation is 2. The Balaban J connectivity index is 1.38. The fraction of sp³-hybridized carbons (Fsp3) is 0.455. The van der Waals surface area contributed by atoms with Gasteiger partial charge in [0.25, 0.3) is 0 Å². The number of nitrogens with zero attached hydrogens (tertiary/aromatic N) is 2. The van der Waals surface area contributed by atoms with Crippen LogP contribution in [0.5, 0.6) is 0 Å². The third-order valence-corrected chi connectivity index (χ3v) is 6.98. The summed E-state index contributed by atoms with van der Waals surface area (Å²) in [7, 11) is -3.67. The van der Waals surface area contributed by atoms with Crippen LogP contribution < -0.4 is 9.62 Å². The number of hydrogen-bond acceptors (Lipinski definition) is 4. The van der Waals surface area contributed by atoms with Crippen LogP contribution in [-0.4, -0.2) is 52.6 Å². The first-order valence-corrected chi connectivity index (χ1v) is 11.6. The van der Waals surface area contributed by atoms with Gasteiger partial charge < -0.3 is 4.90 Å². The normalized spacial score (nSPS) is 15.6. The Morgan fingerprint density at radius 1 is 1.00 bits per heavy atom. The SMILES string of the molecule is Cc1cccc(N2CCN(CCCCNS(=O)(=O)c3cc(F)ccc3C)CC2)c1. The average molecular weight is 420 g/mol. The van der Waals surface area contributed by atoms with Gasteiger partial charge in [0.2, 0.25) is 10.0 Å². The van der Waals surface area contributed by atoms with Gasteiger partial charge in [-0.3, -0.25) is 4.90 Å². The summed E-state index contributed by atoms with van der Waals surface area (Å²) < 4.78 is 40.7. The molecule has 1 aliphatic heterocycles. The zero-order valence-corrected chi connectivity index (χ0v) is 18.0. The molecule has 1 aliphatic rings. The Labute approximate surface area is 173 Å². The van der Waals surface area contributed by atoms with Crippen LogP contribution in [0.4, 0.5) is 10.1 Å². The predicted octanol–water partition coefficient (Wildman–Crippen LogP) is 3.32. The molecule has 1 N–H and O–H groups in total. The highest BCUT2D eigenvalue weighted by Crippen LogP contribution is 2.18. The molecule has 158 valence electrons. The Morgan fingerprint density at radius 2 is 1.76 bits per heavy atom. The van der Waals surface area contributed by atoms with Crippen LogP contribution in [0.3, 0.4) is 0 Å². The van der Waals surface area contributed by atoms with Gasteiger partial charge in [-0.25, -0.2) is 17.5 Å². The molecule has 0 atom stereocenters. The molecule has 0 saturated carbocycles. The van der Waals surface area contributed by atoms with Gasteiger partial charge in [-0.1, -0.05) is 18.2 Å². The lowest BCUT2D eigenvalue weighted by Crippen LogP contribution is -2.46. The summed E-state index contributed by atoms with van der Waals surface area (Å²) in [5.74, 6) is -0.541. The van der Waals surface area contributed by atoms with Crippen molar-refractivity contribution in [1.29, 1.82) is 0 Å². The van der Waals surface area contributed by atoms with Gasteiger partial charge in [-0.15, -0.1) is 0 Å². The van der Waals surface area contributed by atoms with Crippen molar-refractivity contribution < 1.29 is 12.8 Å². The van der Waals surface area contributed by atoms with Crippen molar-refractivity contribution in [2.75, 3.05) is 44.2 Å². The fourth-order valence-electron chi connectivity index (χ4n) is 3.66. The van der Waals surface area contributed by atoms with Crippen molar-refractivity contribution in [3.63, 3.8) is 0 Å². The van der Waals surface area contributed by atoms with Crippen molar-refractivity contribution in [3.8, 4) is 0 Å². The maximum Gasteiger partial charge on any atom is 0.240 e. The van der Waals surface area contributed by atoms with E-state index in [1.165, 1.54) is 23.4 Å². The number of sulfonamides is 1. The molecule has 1 heterocycles. The van der Waals surface area contributed by atoms with Crippen molar-refractivity contribution in [1.82, 2.24) is 9.62 Å². The lowest BCUT2D eigenvalue weighted by atomic mass is 10.2. The number of anilines is 1. The number of benzene rings is 2. The molecule has 0 aliphatic carbocycles. The second kappa shape index (κ2) is 9.69. The lowest BCUT2D eigenvalue weighted by Gasteiger charge is -2.36. The highest BCUT2D eigenvalue weighted by molar-refractivity contribution is 7.89. The van der Waals surface area contributed by atoms with E-state index in [-0.39, 0.29) is 4.90 Å². The van der Waals surface area contributed by atoms with Crippen LogP contribution in [0, 0.1) is 19.7 Å². The molecule has 0 unspecified atom stereocenters. The van der Waals surface area contributed by atoms with Gasteiger partial charge in [0, 0.05) is 38.4 Å². The van der Waals surface area contributed by atoms with Crippen molar-refractivity contribution >= 4 is 15.7 Å². The van der Waals surface area contributed by atoms with Gasteiger partial charge >= 0.3 is 0 Å². The molecule has 2 aromatic rings. The fourth-order valence-corrected chi connectivity index (χ4v) is 4.99. The van der Waals surface area contributed by atoms with E-state index in [9.17, 15) is 12.8 Å². The van der Waals surface area contributed by atoms with Gasteiger partial charge in [0.1, 0.15) is 5.82 Å². The van der Waals surface area contributed by atoms with Crippen LogP contribution >= 0.6 is 0 Å². The largest absolute Gasteiger partial charge is 0.369 e. The van der Waals surface area contributed by atoms with Crippen molar-refractivity contribution in [2.24, 2.45) is 0 Å². The molecule has 0 amide bonds. The van der Waals surface area contributed by atoms with E-state index < -0.39 is 15.8 Å². The molecule has 1 fully saturated rings. The zero-order valence-electron chi connectivity index (χ0n) is 17.2. The summed E-state index contributed by atoms with van der Waals surface area (Å²) in [6, 6.07) is 12.4. The summed E-state index contributed by atoms with van der Waals surface area (Å²) in [4.78, 5) is 4.86. The van der Waals surface area contributed by atoms with Crippen LogP contribution in [0.1, 0.15) is 24.0 Å². The smallest absolute Gasteiger partial charge is 0.240 e. The molecular formula is C22H30FN3O2S. The second-order valence-electron chi connectivity index (χ2n) is 7.68. The third-order valence-electron chi connectivity index (χ3n) is 5.37. The monoisotopic (exact) mass is 419 g/mol. The van der Waals surface area contributed by atoms with E-state index in [0.717, 1.165) is 51.6 Å². The Morgan fingerprint density at radius 3 is 2.48 bits per heavy atom. The molecule has 1 saturated heterocycles. The summed E-state index contributed by atoms with van der Waals surface area (Å²) in [6.07, 6.45) is 1.68. The quantitative estimate of drug-likeness (QED) is 0.667. The number of hydrogen-bond donors (Lipinski definition) is 1. The van der Waals surface area contributed by atoms with E-state index in [1.807, 2.05) is 0 Å². The first kappa shape index (κ1) is 21.7. The number of rotatable bonds is 8. The number of piperazine rings is 1. The first-order valence-electron chi connectivity index (χ1n) is 10.1. The minimum absolute atomic E-state index is 0.0183. The van der Waals surface area contributed by atoms with E-state index >= 15 is 0 Å². The molecule has 0 aromatic heterocycles. The standard InChI is InChI=1S/C22H30FN3O2S/c1-18-6-5-7-21(16-18)26-14-12-25(13-15-26)11-4-3-10-24-29(27,28)22-17-20(23)9-8-19(22)2/h5-9,16-17,24H,3-4,10-15H2,1-2H3. The van der Waals surface area contributed by atoms with Gasteiger partial charge in [-0.2, -0.15) is 0 Å². The maximum absolute atomic E-state index is 13.4. The van der Waals surface area contributed by atoms with Gasteiger partial charge in [-0.05, 0) is 68.6 Å². The van der Waals surface area contributed by atoms with E-state index in [0.29, 0.717) is 12.1 Å². The second-order valence-corrected chi connectivity index (χ2v) is 9.42. The number of unbranched alkanes of at least 4 members (excludes halogenated alkanes) is 1. The lowest BCUT2D eigenvalue weighted by molar-refractivity contribution is 0.253. The molecule has 0 bridgehead atoms. The summed E-state index contributed by atoms with van der Waals surface area (Å²) in [6.45, 7) is 9.16. The van der Waals surface area contributed by atoms with E-state index in [2.05, 4.69) is 45.7 Å². The molecule has 0 radical (unpaired) electrons. The molecule has 0 spiro atoms. The molecule has 3 rings (SSSR count). The van der Waals surface area contributed by atoms with Crippen LogP contribution in [0.2, 0.25) is 0 Å². The number of nitrogens with one attached hydrogen (secondary N) is 1. The van der Waals surface area contributed by atoms with E-state index in [1.54, 1.807) is 6.92 Å². The molecule has 2 aromatic carbocycles. The van der Waals surface area contributed by atoms with Gasteiger partial charge in [0.05, 0.1) is 4.90 Å². The van der Waals surface area contributed by atoms with Crippen LogP contribution in [0.25, 0.3) is 0 Å². The molecular weight excluding hydrogens is 389 g/mol. The Hall–Kier alpha value is -1.96. The topological polar surface area (TPSA) is 52.6 Å². The third kappa shape index (κ3) is 6.01. The minimum Gasteiger partial charge on any atom is -0.369 e. The van der Waals surface area contributed by atoms with Gasteiger partial charge in [0.15, 0.2) is 0 Å². The van der Waals surface area contributed by atoms with Crippen LogP contribution in [0.15, 0.2) is 47.4 Å². The maximum atomic E-state index is 13.4. The van der Waals surface area contributed by atoms with Crippen molar-refractivity contribution in [3.05, 3.63) is 59.4 Å². The Bertz CT molecular complexity index is 925. The highest BCUT2D eigenvalue weighted by Gasteiger charge is 2.18. The first-order chi connectivity index (χ1) is 13.8. The highest BCUT2D eigenvalue weighted by atomic mass is 32.2. The van der Waals surface area contributed by atoms with Crippen molar-refractivity contribution in [2.45, 2.75) is 31.6 Å². The molecule has 7 heteroatoms. The summed E-state index contributed by atoms with van der Waals surface area (Å²) in [5, 5.41) is 0. The predicted molar refractivity (Wildman–Crippen MR) is 115 cm³/mol. The average Bonchev–Trinajstić information content (AvgIpc) is 2.70. The minimum atomic E-state index is -3.67. The van der Waals surface area contributed by atoms with E-state index in [4.69, 9.17) is 0 Å². The summed E-state index contributed by atoms with van der Waals surface area (Å²) >= 11 is 0. The summed E-state index contributed by atoms with van der Waals surface area (Å²) in [5.41, 5.74) is 3.11.